The van der Waals surface area contributed by atoms with Gasteiger partial charge in [0, 0.05) is 24.5 Å². The first-order chi connectivity index (χ1) is 24.8. The van der Waals surface area contributed by atoms with Crippen molar-refractivity contribution < 1.29 is 13.6 Å². The number of imidazole rings is 1. The zero-order chi connectivity index (χ0) is 35.1. The molecule has 12 heteroatoms. The average Bonchev–Trinajstić information content (AvgIpc) is 3.57. The zero-order valence-corrected chi connectivity index (χ0v) is 27.9. The first-order valence-electron chi connectivity index (χ1n) is 17.5. The number of hydrogen-bond donors (Lipinski definition) is 2. The predicted molar refractivity (Wildman–Crippen MR) is 190 cm³/mol. The van der Waals surface area contributed by atoms with Crippen LogP contribution in [0, 0.1) is 17.6 Å². The fraction of sp³-hybridized carbons (Fsp3) is 0.308. The van der Waals surface area contributed by atoms with E-state index in [0.29, 0.717) is 42.9 Å². The van der Waals surface area contributed by atoms with E-state index in [4.69, 9.17) is 0 Å². The Kier molecular flexibility index (Phi) is 8.77. The molecule has 6 aromatic rings. The highest BCUT2D eigenvalue weighted by atomic mass is 19.1. The molecule has 2 N–H and O–H groups in total. The summed E-state index contributed by atoms with van der Waals surface area (Å²) in [7, 11) is 0. The zero-order valence-electron chi connectivity index (χ0n) is 27.9. The molecule has 0 bridgehead atoms. The van der Waals surface area contributed by atoms with Gasteiger partial charge in [-0.15, -0.1) is 0 Å². The van der Waals surface area contributed by atoms with E-state index in [-0.39, 0.29) is 28.7 Å². The second-order valence-electron chi connectivity index (χ2n) is 13.7. The Morgan fingerprint density at radius 3 is 2.43 bits per heavy atom. The fourth-order valence-electron chi connectivity index (χ4n) is 7.63. The number of halogens is 2. The second kappa shape index (κ2) is 13.7. The maximum Gasteiger partial charge on any atom is 0.337 e. The summed E-state index contributed by atoms with van der Waals surface area (Å²) in [6.07, 6.45) is 9.04. The molecule has 8 rings (SSSR count). The Hall–Kier alpha value is -5.49. The van der Waals surface area contributed by atoms with Gasteiger partial charge in [-0.25, -0.2) is 28.1 Å². The summed E-state index contributed by atoms with van der Waals surface area (Å²) in [6, 6.07) is 19.3. The normalized spacial score (nSPS) is 18.3. The number of benzene rings is 2. The van der Waals surface area contributed by atoms with Gasteiger partial charge in [0.25, 0.3) is 11.5 Å². The monoisotopic (exact) mass is 689 g/mol. The Balaban J connectivity index is 1.05. The van der Waals surface area contributed by atoms with Crippen LogP contribution in [0.4, 0.5) is 8.78 Å². The van der Waals surface area contributed by atoms with Gasteiger partial charge in [0.2, 0.25) is 0 Å². The van der Waals surface area contributed by atoms with Crippen LogP contribution >= 0.6 is 0 Å². The number of amides is 1. The number of carbonyl (C=O) groups is 1. The standard InChI is InChI=1S/C39H37F2N7O3/c40-28-8-13-35-45-34(23-46(35)22-28)37(49)44-30-9-11-31(12-10-30)48-38(50)33-20-29(41)21-43-36(33)47(39(48)51)32-3-1-2-27(19-32)26-6-4-24(5-7-26)18-25-14-16-42-17-15-25/h1-8,13,19-23,25,30-31,42H,9-12,14-18H2,(H,44,49). The molecule has 1 saturated heterocycles. The van der Waals surface area contributed by atoms with Crippen LogP contribution in [-0.4, -0.2) is 48.5 Å². The Morgan fingerprint density at radius 1 is 0.863 bits per heavy atom. The van der Waals surface area contributed by atoms with Crippen molar-refractivity contribution in [1.29, 1.82) is 0 Å². The minimum absolute atomic E-state index is 0.0148. The molecule has 1 amide bonds. The molecular weight excluding hydrogens is 652 g/mol. The van der Waals surface area contributed by atoms with E-state index in [1.807, 2.05) is 18.2 Å². The molecule has 2 aliphatic rings. The average molecular weight is 690 g/mol. The Bertz CT molecular complexity index is 2370. The van der Waals surface area contributed by atoms with Gasteiger partial charge in [-0.05, 0) is 111 Å². The van der Waals surface area contributed by atoms with E-state index < -0.39 is 28.9 Å². The van der Waals surface area contributed by atoms with Crippen molar-refractivity contribution in [1.82, 2.24) is 34.1 Å². The highest BCUT2D eigenvalue weighted by molar-refractivity contribution is 5.93. The molecule has 1 aliphatic carbocycles. The maximum absolute atomic E-state index is 14.5. The summed E-state index contributed by atoms with van der Waals surface area (Å²) in [4.78, 5) is 49.6. The van der Waals surface area contributed by atoms with Crippen molar-refractivity contribution in [2.75, 3.05) is 13.1 Å². The van der Waals surface area contributed by atoms with Crippen LogP contribution in [0.5, 0.6) is 0 Å². The summed E-state index contributed by atoms with van der Waals surface area (Å²) in [5.74, 6) is -0.812. The summed E-state index contributed by atoms with van der Waals surface area (Å²) in [5, 5.41) is 6.42. The van der Waals surface area contributed by atoms with E-state index in [2.05, 4.69) is 44.9 Å². The lowest BCUT2D eigenvalue weighted by molar-refractivity contribution is 0.0917. The molecule has 5 heterocycles. The lowest BCUT2D eigenvalue weighted by atomic mass is 9.90. The fourth-order valence-corrected chi connectivity index (χ4v) is 7.63. The molecule has 0 radical (unpaired) electrons. The first-order valence-corrected chi connectivity index (χ1v) is 17.5. The smallest absolute Gasteiger partial charge is 0.337 e. The summed E-state index contributed by atoms with van der Waals surface area (Å²) < 4.78 is 32.2. The van der Waals surface area contributed by atoms with Crippen molar-refractivity contribution in [2.24, 2.45) is 5.92 Å². The van der Waals surface area contributed by atoms with Crippen molar-refractivity contribution in [3.63, 3.8) is 0 Å². The molecule has 0 spiro atoms. The van der Waals surface area contributed by atoms with Gasteiger partial charge in [-0.3, -0.25) is 14.2 Å². The van der Waals surface area contributed by atoms with Crippen molar-refractivity contribution in [3.8, 4) is 16.8 Å². The molecule has 0 atom stereocenters. The van der Waals surface area contributed by atoms with Gasteiger partial charge < -0.3 is 15.0 Å². The minimum atomic E-state index is -0.671. The molecule has 1 saturated carbocycles. The second-order valence-corrected chi connectivity index (χ2v) is 13.7. The summed E-state index contributed by atoms with van der Waals surface area (Å²) in [6.45, 7) is 2.13. The Morgan fingerprint density at radius 2 is 1.65 bits per heavy atom. The van der Waals surface area contributed by atoms with Crippen LogP contribution in [0.15, 0.2) is 94.9 Å². The van der Waals surface area contributed by atoms with Crippen LogP contribution in [0.2, 0.25) is 0 Å². The minimum Gasteiger partial charge on any atom is -0.348 e. The third kappa shape index (κ3) is 6.59. The number of nitrogens with one attached hydrogen (secondary N) is 2. The Labute approximate surface area is 291 Å². The van der Waals surface area contributed by atoms with Crippen LogP contribution in [-0.2, 0) is 6.42 Å². The number of rotatable bonds is 7. The van der Waals surface area contributed by atoms with Gasteiger partial charge >= 0.3 is 5.69 Å². The van der Waals surface area contributed by atoms with Gasteiger partial charge in [-0.2, -0.15) is 0 Å². The van der Waals surface area contributed by atoms with Gasteiger partial charge in [0.05, 0.1) is 17.3 Å². The first kappa shape index (κ1) is 32.7. The quantitative estimate of drug-likeness (QED) is 0.226. The summed E-state index contributed by atoms with van der Waals surface area (Å²) >= 11 is 0. The molecule has 1 aliphatic heterocycles. The highest BCUT2D eigenvalue weighted by Crippen LogP contribution is 2.29. The molecule has 2 fully saturated rings. The number of fused-ring (bicyclic) bond motifs is 2. The lowest BCUT2D eigenvalue weighted by Crippen LogP contribution is -2.45. The molecule has 4 aromatic heterocycles. The molecular formula is C39H37F2N7O3. The third-order valence-electron chi connectivity index (χ3n) is 10.3. The SMILES string of the molecule is O=C(NC1CCC(n2c(=O)c3cc(F)cnc3n(-c3cccc(-c4ccc(CC5CCNCC5)cc4)c3)c2=O)CC1)c1cn2cc(F)ccc2n1. The third-order valence-corrected chi connectivity index (χ3v) is 10.3. The number of aromatic nitrogens is 5. The van der Waals surface area contributed by atoms with Gasteiger partial charge in [0.1, 0.15) is 23.0 Å². The molecule has 51 heavy (non-hydrogen) atoms. The van der Waals surface area contributed by atoms with E-state index in [0.717, 1.165) is 42.9 Å². The number of hydrogen-bond acceptors (Lipinski definition) is 6. The van der Waals surface area contributed by atoms with Crippen molar-refractivity contribution in [2.45, 2.75) is 57.0 Å². The van der Waals surface area contributed by atoms with Crippen molar-refractivity contribution >= 4 is 22.6 Å². The van der Waals surface area contributed by atoms with Gasteiger partial charge in [0.15, 0.2) is 5.65 Å². The number of piperidine rings is 1. The van der Waals surface area contributed by atoms with Crippen molar-refractivity contribution in [3.05, 3.63) is 129 Å². The topological polar surface area (TPSA) is 115 Å². The summed E-state index contributed by atoms with van der Waals surface area (Å²) in [5.41, 5.74) is 3.26. The van der Waals surface area contributed by atoms with E-state index >= 15 is 0 Å². The van der Waals surface area contributed by atoms with Crippen LogP contribution in [0.25, 0.3) is 33.5 Å². The van der Waals surface area contributed by atoms with Crippen LogP contribution in [0.3, 0.4) is 0 Å². The van der Waals surface area contributed by atoms with E-state index in [1.165, 1.54) is 56.5 Å². The lowest BCUT2D eigenvalue weighted by Gasteiger charge is -2.30. The van der Waals surface area contributed by atoms with Crippen LogP contribution in [0.1, 0.15) is 60.6 Å². The number of nitrogens with zero attached hydrogens (tertiary/aromatic N) is 5. The number of pyridine rings is 2. The molecule has 260 valence electrons. The van der Waals surface area contributed by atoms with Crippen LogP contribution < -0.4 is 21.9 Å². The molecule has 2 aromatic carbocycles. The largest absolute Gasteiger partial charge is 0.348 e. The van der Waals surface area contributed by atoms with E-state index in [1.54, 1.807) is 6.07 Å². The van der Waals surface area contributed by atoms with E-state index in [9.17, 15) is 23.2 Å². The predicted octanol–water partition coefficient (Wildman–Crippen LogP) is 5.60. The molecule has 10 nitrogen and oxygen atoms in total. The van der Waals surface area contributed by atoms with Gasteiger partial charge in [-0.1, -0.05) is 36.4 Å². The number of carbonyl (C=O) groups excluding carboxylic acids is 1. The molecule has 0 unspecified atom stereocenters. The highest BCUT2D eigenvalue weighted by Gasteiger charge is 2.29. The maximum atomic E-state index is 14.5.